The van der Waals surface area contributed by atoms with Crippen LogP contribution in [0, 0.1) is 11.8 Å². The van der Waals surface area contributed by atoms with Gasteiger partial charge in [-0.2, -0.15) is 0 Å². The van der Waals surface area contributed by atoms with E-state index in [0.717, 1.165) is 30.4 Å². The quantitative estimate of drug-likeness (QED) is 0.778. The molecule has 0 saturated heterocycles. The summed E-state index contributed by atoms with van der Waals surface area (Å²) in [5.41, 5.74) is -0.0791. The fourth-order valence-corrected chi connectivity index (χ4v) is 2.86. The standard InChI is InChI=1S/C16H28N4O/c1-16(2,3)15-19-13(17-4)8-14(20-15)18-9-11-6-5-7-12(11)10-21/h8,11-12,21H,5-7,9-10H2,1-4H3,(H2,17,18,19,20). The third-order valence-corrected chi connectivity index (χ3v) is 4.25. The van der Waals surface area contributed by atoms with Crippen molar-refractivity contribution in [3.63, 3.8) is 0 Å². The lowest BCUT2D eigenvalue weighted by atomic mass is 9.95. The van der Waals surface area contributed by atoms with Crippen molar-refractivity contribution in [1.82, 2.24) is 9.97 Å². The number of aliphatic hydroxyl groups is 1. The van der Waals surface area contributed by atoms with Crippen molar-refractivity contribution in [2.75, 3.05) is 30.8 Å². The first-order valence-corrected chi connectivity index (χ1v) is 7.86. The Morgan fingerprint density at radius 3 is 2.48 bits per heavy atom. The number of rotatable bonds is 5. The lowest BCUT2D eigenvalue weighted by Gasteiger charge is -2.21. The van der Waals surface area contributed by atoms with Gasteiger partial charge in [0, 0.05) is 31.7 Å². The van der Waals surface area contributed by atoms with Crippen LogP contribution in [0.4, 0.5) is 11.6 Å². The van der Waals surface area contributed by atoms with Gasteiger partial charge in [-0.05, 0) is 24.7 Å². The second-order valence-corrected chi connectivity index (χ2v) is 6.98. The molecule has 5 heteroatoms. The average Bonchev–Trinajstić information content (AvgIpc) is 2.91. The molecule has 1 heterocycles. The van der Waals surface area contributed by atoms with E-state index >= 15 is 0 Å². The predicted molar refractivity (Wildman–Crippen MR) is 86.7 cm³/mol. The zero-order valence-corrected chi connectivity index (χ0v) is 13.6. The Kier molecular flexibility index (Phi) is 5.04. The zero-order valence-electron chi connectivity index (χ0n) is 13.6. The summed E-state index contributed by atoms with van der Waals surface area (Å²) in [5, 5.41) is 15.9. The molecule has 3 N–H and O–H groups in total. The van der Waals surface area contributed by atoms with Gasteiger partial charge in [0.05, 0.1) is 0 Å². The highest BCUT2D eigenvalue weighted by molar-refractivity contribution is 5.47. The first-order valence-electron chi connectivity index (χ1n) is 7.86. The Morgan fingerprint density at radius 1 is 1.19 bits per heavy atom. The molecule has 0 radical (unpaired) electrons. The highest BCUT2D eigenvalue weighted by Crippen LogP contribution is 2.31. The number of hydrogen-bond donors (Lipinski definition) is 3. The van der Waals surface area contributed by atoms with Gasteiger partial charge in [-0.1, -0.05) is 27.2 Å². The Bertz CT molecular complexity index is 470. The summed E-state index contributed by atoms with van der Waals surface area (Å²) >= 11 is 0. The molecule has 0 bridgehead atoms. The van der Waals surface area contributed by atoms with Crippen LogP contribution in [0.5, 0.6) is 0 Å². The zero-order chi connectivity index (χ0) is 15.5. The maximum absolute atomic E-state index is 9.40. The van der Waals surface area contributed by atoms with E-state index in [1.54, 1.807) is 0 Å². The van der Waals surface area contributed by atoms with Crippen molar-refractivity contribution < 1.29 is 5.11 Å². The maximum Gasteiger partial charge on any atom is 0.138 e. The van der Waals surface area contributed by atoms with Gasteiger partial charge in [-0.25, -0.2) is 9.97 Å². The van der Waals surface area contributed by atoms with Gasteiger partial charge in [0.25, 0.3) is 0 Å². The van der Waals surface area contributed by atoms with E-state index < -0.39 is 0 Å². The molecule has 1 fully saturated rings. The minimum absolute atomic E-state index is 0.0791. The van der Waals surface area contributed by atoms with Gasteiger partial charge < -0.3 is 15.7 Å². The molecule has 0 amide bonds. The first kappa shape index (κ1) is 16.0. The molecule has 2 rings (SSSR count). The van der Waals surface area contributed by atoms with Crippen LogP contribution < -0.4 is 10.6 Å². The molecule has 2 unspecified atom stereocenters. The van der Waals surface area contributed by atoms with Gasteiger partial charge >= 0.3 is 0 Å². The molecule has 21 heavy (non-hydrogen) atoms. The number of nitrogens with one attached hydrogen (secondary N) is 2. The lowest BCUT2D eigenvalue weighted by Crippen LogP contribution is -2.23. The van der Waals surface area contributed by atoms with Crippen LogP contribution in [0.1, 0.15) is 45.9 Å². The van der Waals surface area contributed by atoms with E-state index in [0.29, 0.717) is 18.4 Å². The fourth-order valence-electron chi connectivity index (χ4n) is 2.86. The Hall–Kier alpha value is -1.36. The topological polar surface area (TPSA) is 70.1 Å². The van der Waals surface area contributed by atoms with Crippen LogP contribution in [-0.4, -0.2) is 35.3 Å². The smallest absolute Gasteiger partial charge is 0.138 e. The number of anilines is 2. The van der Waals surface area contributed by atoms with Crippen molar-refractivity contribution in [2.24, 2.45) is 11.8 Å². The highest BCUT2D eigenvalue weighted by atomic mass is 16.3. The van der Waals surface area contributed by atoms with Gasteiger partial charge in [-0.15, -0.1) is 0 Å². The van der Waals surface area contributed by atoms with Crippen LogP contribution in [-0.2, 0) is 5.41 Å². The van der Waals surface area contributed by atoms with Gasteiger partial charge in [0.2, 0.25) is 0 Å². The number of nitrogens with zero attached hydrogens (tertiary/aromatic N) is 2. The molecule has 1 aromatic rings. The van der Waals surface area contributed by atoms with E-state index in [9.17, 15) is 5.11 Å². The van der Waals surface area contributed by atoms with Crippen LogP contribution in [0.3, 0.4) is 0 Å². The first-order chi connectivity index (χ1) is 9.94. The summed E-state index contributed by atoms with van der Waals surface area (Å²) in [7, 11) is 1.87. The molecule has 0 aromatic carbocycles. The second kappa shape index (κ2) is 6.60. The van der Waals surface area contributed by atoms with Gasteiger partial charge in [0.1, 0.15) is 17.5 Å². The highest BCUT2D eigenvalue weighted by Gasteiger charge is 2.26. The van der Waals surface area contributed by atoms with E-state index in [4.69, 9.17) is 0 Å². The molecule has 118 valence electrons. The Balaban J connectivity index is 2.09. The van der Waals surface area contributed by atoms with Gasteiger partial charge in [-0.3, -0.25) is 0 Å². The van der Waals surface area contributed by atoms with Crippen molar-refractivity contribution in [1.29, 1.82) is 0 Å². The summed E-state index contributed by atoms with van der Waals surface area (Å²) in [5.74, 6) is 3.51. The molecule has 1 aliphatic carbocycles. The van der Waals surface area contributed by atoms with Crippen LogP contribution in [0.2, 0.25) is 0 Å². The summed E-state index contributed by atoms with van der Waals surface area (Å²) in [6.07, 6.45) is 3.55. The summed E-state index contributed by atoms with van der Waals surface area (Å²) in [4.78, 5) is 9.17. The average molecular weight is 292 g/mol. The molecular formula is C16H28N4O. The second-order valence-electron chi connectivity index (χ2n) is 6.98. The maximum atomic E-state index is 9.40. The van der Waals surface area contributed by atoms with E-state index in [-0.39, 0.29) is 5.41 Å². The van der Waals surface area contributed by atoms with E-state index in [1.165, 1.54) is 12.8 Å². The largest absolute Gasteiger partial charge is 0.396 e. The van der Waals surface area contributed by atoms with E-state index in [1.807, 2.05) is 13.1 Å². The van der Waals surface area contributed by atoms with Crippen molar-refractivity contribution in [3.05, 3.63) is 11.9 Å². The van der Waals surface area contributed by atoms with Gasteiger partial charge in [0.15, 0.2) is 0 Å². The Labute approximate surface area is 127 Å². The third kappa shape index (κ3) is 4.06. The number of aliphatic hydroxyl groups excluding tert-OH is 1. The van der Waals surface area contributed by atoms with Crippen LogP contribution in [0.15, 0.2) is 6.07 Å². The van der Waals surface area contributed by atoms with Crippen LogP contribution >= 0.6 is 0 Å². The molecule has 1 aliphatic rings. The third-order valence-electron chi connectivity index (χ3n) is 4.25. The number of hydrogen-bond acceptors (Lipinski definition) is 5. The monoisotopic (exact) mass is 292 g/mol. The molecule has 0 spiro atoms. The summed E-state index contributed by atoms with van der Waals surface area (Å²) in [6.45, 7) is 7.51. The molecule has 0 aliphatic heterocycles. The van der Waals surface area contributed by atoms with E-state index in [2.05, 4.69) is 41.4 Å². The predicted octanol–water partition coefficient (Wildman–Crippen LogP) is 2.64. The molecular weight excluding hydrogens is 264 g/mol. The Morgan fingerprint density at radius 2 is 1.86 bits per heavy atom. The van der Waals surface area contributed by atoms with Crippen molar-refractivity contribution in [3.8, 4) is 0 Å². The molecule has 2 atom stereocenters. The lowest BCUT2D eigenvalue weighted by molar-refractivity contribution is 0.199. The minimum atomic E-state index is -0.0791. The molecule has 5 nitrogen and oxygen atoms in total. The minimum Gasteiger partial charge on any atom is -0.396 e. The van der Waals surface area contributed by atoms with Crippen LogP contribution in [0.25, 0.3) is 0 Å². The molecule has 1 aromatic heterocycles. The summed E-state index contributed by atoms with van der Waals surface area (Å²) in [6, 6.07) is 1.94. The normalized spacial score (nSPS) is 22.3. The summed E-state index contributed by atoms with van der Waals surface area (Å²) < 4.78 is 0. The van der Waals surface area contributed by atoms with Crippen molar-refractivity contribution >= 4 is 11.6 Å². The number of aromatic nitrogens is 2. The fraction of sp³-hybridized carbons (Fsp3) is 0.750. The molecule has 1 saturated carbocycles. The van der Waals surface area contributed by atoms with Crippen molar-refractivity contribution in [2.45, 2.75) is 45.4 Å². The SMILES string of the molecule is CNc1cc(NCC2CCCC2CO)nc(C(C)(C)C)n1.